The van der Waals surface area contributed by atoms with Gasteiger partial charge >= 0.3 is 0 Å². The lowest BCUT2D eigenvalue weighted by Crippen LogP contribution is -1.99. The van der Waals surface area contributed by atoms with Crippen LogP contribution in [0.5, 0.6) is 0 Å². The van der Waals surface area contributed by atoms with Crippen LogP contribution in [0.3, 0.4) is 0 Å². The van der Waals surface area contributed by atoms with Crippen molar-refractivity contribution in [2.45, 2.75) is 20.0 Å². The van der Waals surface area contributed by atoms with Crippen LogP contribution in [-0.2, 0) is 0 Å². The third-order valence-corrected chi connectivity index (χ3v) is 4.15. The van der Waals surface area contributed by atoms with Crippen LogP contribution in [0.1, 0.15) is 27.7 Å². The minimum atomic E-state index is -0.682. The van der Waals surface area contributed by atoms with Gasteiger partial charge in [-0.15, -0.1) is 11.3 Å². The highest BCUT2D eigenvalue weighted by molar-refractivity contribution is 7.10. The fraction of sp³-hybridized carbons (Fsp3) is 0.250. The molecule has 0 aromatic carbocycles. The summed E-state index contributed by atoms with van der Waals surface area (Å²) in [6, 6.07) is 1.92. The lowest BCUT2D eigenvalue weighted by atomic mass is 10.1. The number of aliphatic hydroxyl groups is 1. The van der Waals surface area contributed by atoms with E-state index in [9.17, 15) is 5.11 Å². The van der Waals surface area contributed by atoms with Crippen LogP contribution in [0.15, 0.2) is 23.8 Å². The fourth-order valence-corrected chi connectivity index (χ4v) is 2.82. The van der Waals surface area contributed by atoms with Gasteiger partial charge in [-0.2, -0.15) is 0 Å². The van der Waals surface area contributed by atoms with Gasteiger partial charge in [0.1, 0.15) is 6.10 Å². The molecule has 0 aliphatic rings. The van der Waals surface area contributed by atoms with Crippen molar-refractivity contribution in [3.8, 4) is 0 Å². The number of hydrogen-bond acceptors (Lipinski definition) is 3. The van der Waals surface area contributed by atoms with Gasteiger partial charge in [0.15, 0.2) is 0 Å². The average Bonchev–Trinajstić information content (AvgIpc) is 2.59. The Hall–Kier alpha value is -0.900. The van der Waals surface area contributed by atoms with E-state index in [2.05, 4.69) is 4.98 Å². The molecule has 1 N–H and O–H groups in total. The maximum Gasteiger partial charge on any atom is 0.116 e. The molecule has 0 spiro atoms. The van der Waals surface area contributed by atoms with Crippen molar-refractivity contribution in [2.75, 3.05) is 0 Å². The molecule has 2 rings (SSSR count). The van der Waals surface area contributed by atoms with E-state index in [-0.39, 0.29) is 0 Å². The molecule has 2 aromatic heterocycles. The normalized spacial score (nSPS) is 12.8. The van der Waals surface area contributed by atoms with Crippen molar-refractivity contribution < 1.29 is 5.11 Å². The van der Waals surface area contributed by atoms with Gasteiger partial charge in [-0.3, -0.25) is 4.98 Å². The molecule has 2 aromatic rings. The molecule has 0 fully saturated rings. The SMILES string of the molecule is Cc1cncc(C(O)c2scc(C)c2Cl)c1. The van der Waals surface area contributed by atoms with Gasteiger partial charge in [-0.25, -0.2) is 0 Å². The smallest absolute Gasteiger partial charge is 0.116 e. The fourth-order valence-electron chi connectivity index (χ4n) is 1.51. The summed E-state index contributed by atoms with van der Waals surface area (Å²) in [5, 5.41) is 12.8. The number of halogens is 1. The van der Waals surface area contributed by atoms with Crippen LogP contribution in [0, 0.1) is 13.8 Å². The summed E-state index contributed by atoms with van der Waals surface area (Å²) in [6.45, 7) is 3.88. The van der Waals surface area contributed by atoms with Gasteiger partial charge in [0.25, 0.3) is 0 Å². The third-order valence-electron chi connectivity index (χ3n) is 2.39. The molecule has 0 aliphatic heterocycles. The molecule has 0 saturated heterocycles. The number of rotatable bonds is 2. The van der Waals surface area contributed by atoms with Crippen molar-refractivity contribution >= 4 is 22.9 Å². The van der Waals surface area contributed by atoms with Gasteiger partial charge < -0.3 is 5.11 Å². The standard InChI is InChI=1S/C12H12ClNOS/c1-7-3-9(5-14-4-7)11(15)12-10(13)8(2)6-16-12/h3-6,11,15H,1-2H3. The predicted molar refractivity (Wildman–Crippen MR) is 67.1 cm³/mol. The van der Waals surface area contributed by atoms with Crippen LogP contribution < -0.4 is 0 Å². The molecular formula is C12H12ClNOS. The van der Waals surface area contributed by atoms with Crippen molar-refractivity contribution in [1.29, 1.82) is 0 Å². The van der Waals surface area contributed by atoms with Gasteiger partial charge in [-0.1, -0.05) is 17.7 Å². The summed E-state index contributed by atoms with van der Waals surface area (Å²) in [5.74, 6) is 0. The Labute approximate surface area is 104 Å². The van der Waals surface area contributed by atoms with E-state index < -0.39 is 6.10 Å². The number of aliphatic hydroxyl groups excluding tert-OH is 1. The zero-order valence-corrected chi connectivity index (χ0v) is 10.6. The summed E-state index contributed by atoms with van der Waals surface area (Å²) < 4.78 is 0. The highest BCUT2D eigenvalue weighted by atomic mass is 35.5. The Morgan fingerprint density at radius 1 is 1.38 bits per heavy atom. The Morgan fingerprint density at radius 3 is 2.69 bits per heavy atom. The highest BCUT2D eigenvalue weighted by Crippen LogP contribution is 2.35. The summed E-state index contributed by atoms with van der Waals surface area (Å²) in [4.78, 5) is 4.85. The summed E-state index contributed by atoms with van der Waals surface area (Å²) in [7, 11) is 0. The van der Waals surface area contributed by atoms with E-state index in [4.69, 9.17) is 11.6 Å². The molecule has 0 bridgehead atoms. The largest absolute Gasteiger partial charge is 0.383 e. The summed E-state index contributed by atoms with van der Waals surface area (Å²) in [5.41, 5.74) is 2.81. The Bertz CT molecular complexity index is 509. The van der Waals surface area contributed by atoms with E-state index in [0.29, 0.717) is 5.02 Å². The van der Waals surface area contributed by atoms with Crippen molar-refractivity contribution in [3.63, 3.8) is 0 Å². The molecule has 2 nitrogen and oxygen atoms in total. The maximum absolute atomic E-state index is 10.2. The Kier molecular flexibility index (Phi) is 3.28. The Morgan fingerprint density at radius 2 is 2.12 bits per heavy atom. The molecule has 0 aliphatic carbocycles. The zero-order chi connectivity index (χ0) is 11.7. The third kappa shape index (κ3) is 2.12. The van der Waals surface area contributed by atoms with E-state index in [1.807, 2.05) is 25.3 Å². The molecule has 0 amide bonds. The number of thiophene rings is 1. The minimum absolute atomic E-state index is 0.652. The van der Waals surface area contributed by atoms with Crippen LogP contribution in [0.25, 0.3) is 0 Å². The maximum atomic E-state index is 10.2. The second kappa shape index (κ2) is 4.53. The molecular weight excluding hydrogens is 242 g/mol. The molecule has 1 unspecified atom stereocenters. The molecule has 84 valence electrons. The first-order chi connectivity index (χ1) is 7.59. The highest BCUT2D eigenvalue weighted by Gasteiger charge is 2.17. The topological polar surface area (TPSA) is 33.1 Å². The number of hydrogen-bond donors (Lipinski definition) is 1. The first kappa shape index (κ1) is 11.6. The molecule has 0 saturated carbocycles. The van der Waals surface area contributed by atoms with Crippen LogP contribution in [0.2, 0.25) is 5.02 Å². The summed E-state index contributed by atoms with van der Waals surface area (Å²) in [6.07, 6.45) is 2.75. The Balaban J connectivity index is 2.39. The van der Waals surface area contributed by atoms with Gasteiger partial charge in [0, 0.05) is 18.0 Å². The van der Waals surface area contributed by atoms with Gasteiger partial charge in [0.2, 0.25) is 0 Å². The van der Waals surface area contributed by atoms with Gasteiger partial charge in [-0.05, 0) is 30.4 Å². The van der Waals surface area contributed by atoms with Crippen LogP contribution in [-0.4, -0.2) is 10.1 Å². The predicted octanol–water partition coefficient (Wildman–Crippen LogP) is 3.50. The summed E-state index contributed by atoms with van der Waals surface area (Å²) >= 11 is 7.60. The molecule has 0 radical (unpaired) electrons. The average molecular weight is 254 g/mol. The van der Waals surface area contributed by atoms with Crippen molar-refractivity contribution in [1.82, 2.24) is 4.98 Å². The lowest BCUT2D eigenvalue weighted by molar-refractivity contribution is 0.223. The first-order valence-electron chi connectivity index (χ1n) is 4.92. The minimum Gasteiger partial charge on any atom is -0.383 e. The number of nitrogens with zero attached hydrogens (tertiary/aromatic N) is 1. The molecule has 2 heterocycles. The van der Waals surface area contributed by atoms with Crippen LogP contribution >= 0.6 is 22.9 Å². The first-order valence-corrected chi connectivity index (χ1v) is 6.18. The quantitative estimate of drug-likeness (QED) is 0.889. The van der Waals surface area contributed by atoms with Crippen molar-refractivity contribution in [3.05, 3.63) is 50.4 Å². The zero-order valence-electron chi connectivity index (χ0n) is 9.07. The van der Waals surface area contributed by atoms with Crippen molar-refractivity contribution in [2.24, 2.45) is 0 Å². The van der Waals surface area contributed by atoms with E-state index in [1.165, 1.54) is 11.3 Å². The molecule has 16 heavy (non-hydrogen) atoms. The van der Waals surface area contributed by atoms with E-state index in [1.54, 1.807) is 12.4 Å². The number of aryl methyl sites for hydroxylation is 2. The monoisotopic (exact) mass is 253 g/mol. The van der Waals surface area contributed by atoms with E-state index >= 15 is 0 Å². The van der Waals surface area contributed by atoms with E-state index in [0.717, 1.165) is 21.6 Å². The second-order valence-corrected chi connectivity index (χ2v) is 5.08. The molecule has 4 heteroatoms. The number of aromatic nitrogens is 1. The van der Waals surface area contributed by atoms with Gasteiger partial charge in [0.05, 0.1) is 9.90 Å². The molecule has 1 atom stereocenters. The second-order valence-electron chi connectivity index (χ2n) is 3.80. The van der Waals surface area contributed by atoms with Crippen LogP contribution in [0.4, 0.5) is 0 Å². The lowest BCUT2D eigenvalue weighted by Gasteiger charge is -2.10. The number of pyridine rings is 1.